The second kappa shape index (κ2) is 6.50. The Morgan fingerprint density at radius 1 is 1.20 bits per heavy atom. The van der Waals surface area contributed by atoms with Crippen LogP contribution in [-0.2, 0) is 11.3 Å². The second-order valence-corrected chi connectivity index (χ2v) is 6.18. The van der Waals surface area contributed by atoms with E-state index >= 15 is 0 Å². The maximum absolute atomic E-state index is 9.40. The van der Waals surface area contributed by atoms with Crippen LogP contribution in [0.3, 0.4) is 0 Å². The Balaban J connectivity index is 1.71. The zero-order valence-electron chi connectivity index (χ0n) is 11.4. The second-order valence-electron chi connectivity index (χ2n) is 5.01. The predicted octanol–water partition coefficient (Wildman–Crippen LogP) is 2.61. The third-order valence-electron chi connectivity index (χ3n) is 3.64. The zero-order chi connectivity index (χ0) is 13.8. The quantitative estimate of drug-likeness (QED) is 0.939. The molecule has 3 rings (SSSR count). The van der Waals surface area contributed by atoms with Gasteiger partial charge in [-0.1, -0.05) is 30.3 Å². The third-order valence-corrected chi connectivity index (χ3v) is 4.76. The van der Waals surface area contributed by atoms with Crippen molar-refractivity contribution < 1.29 is 9.84 Å². The Kier molecular flexibility index (Phi) is 4.47. The van der Waals surface area contributed by atoms with Crippen molar-refractivity contribution in [3.63, 3.8) is 0 Å². The molecule has 0 amide bonds. The highest BCUT2D eigenvalue weighted by molar-refractivity contribution is 7.15. The molecule has 1 aromatic heterocycles. The monoisotopic (exact) mass is 289 g/mol. The van der Waals surface area contributed by atoms with Gasteiger partial charge in [0.15, 0.2) is 0 Å². The van der Waals surface area contributed by atoms with Crippen molar-refractivity contribution in [3.05, 3.63) is 47.3 Å². The Morgan fingerprint density at radius 3 is 2.85 bits per heavy atom. The van der Waals surface area contributed by atoms with E-state index in [1.165, 1.54) is 15.3 Å². The first-order chi connectivity index (χ1) is 9.86. The van der Waals surface area contributed by atoms with Crippen LogP contribution in [0.5, 0.6) is 0 Å². The lowest BCUT2D eigenvalue weighted by Crippen LogP contribution is -2.46. The van der Waals surface area contributed by atoms with E-state index in [9.17, 15) is 5.11 Å². The van der Waals surface area contributed by atoms with Gasteiger partial charge in [-0.25, -0.2) is 0 Å². The van der Waals surface area contributed by atoms with Crippen molar-refractivity contribution in [2.75, 3.05) is 26.4 Å². The maximum Gasteiger partial charge on any atom is 0.0645 e. The molecule has 1 aliphatic heterocycles. The highest BCUT2D eigenvalue weighted by Crippen LogP contribution is 2.29. The van der Waals surface area contributed by atoms with Gasteiger partial charge < -0.3 is 9.84 Å². The van der Waals surface area contributed by atoms with Crippen LogP contribution in [0.4, 0.5) is 0 Å². The smallest absolute Gasteiger partial charge is 0.0645 e. The van der Waals surface area contributed by atoms with Gasteiger partial charge in [0, 0.05) is 22.8 Å². The molecule has 0 aliphatic carbocycles. The molecule has 0 spiro atoms. The van der Waals surface area contributed by atoms with Crippen LogP contribution in [-0.4, -0.2) is 42.4 Å². The number of benzene rings is 1. The molecule has 4 heteroatoms. The molecular formula is C16H19NO2S. The summed E-state index contributed by atoms with van der Waals surface area (Å²) in [5.41, 5.74) is 1.27. The van der Waals surface area contributed by atoms with E-state index in [0.717, 1.165) is 19.7 Å². The van der Waals surface area contributed by atoms with E-state index in [1.54, 1.807) is 0 Å². The van der Waals surface area contributed by atoms with Crippen molar-refractivity contribution >= 4 is 11.3 Å². The molecule has 1 aromatic carbocycles. The molecule has 1 aliphatic rings. The van der Waals surface area contributed by atoms with Crippen LogP contribution in [0.1, 0.15) is 4.88 Å². The Morgan fingerprint density at radius 2 is 2.05 bits per heavy atom. The summed E-state index contributed by atoms with van der Waals surface area (Å²) in [6.07, 6.45) is 0. The average Bonchev–Trinajstić information content (AvgIpc) is 2.97. The summed E-state index contributed by atoms with van der Waals surface area (Å²) in [7, 11) is 0. The van der Waals surface area contributed by atoms with Crippen LogP contribution in [0.2, 0.25) is 0 Å². The number of ether oxygens (including phenoxy) is 1. The van der Waals surface area contributed by atoms with Crippen LogP contribution in [0, 0.1) is 0 Å². The van der Waals surface area contributed by atoms with Crippen LogP contribution < -0.4 is 0 Å². The highest BCUT2D eigenvalue weighted by atomic mass is 32.1. The first-order valence-electron chi connectivity index (χ1n) is 6.93. The van der Waals surface area contributed by atoms with Gasteiger partial charge in [-0.2, -0.15) is 0 Å². The van der Waals surface area contributed by atoms with E-state index < -0.39 is 0 Å². The Bertz CT molecular complexity index is 540. The van der Waals surface area contributed by atoms with E-state index in [1.807, 2.05) is 17.4 Å². The SMILES string of the molecule is OC[C@@H]1COCCN1Cc1ccc(-c2ccccc2)s1. The van der Waals surface area contributed by atoms with E-state index in [0.29, 0.717) is 6.61 Å². The first kappa shape index (κ1) is 13.8. The number of aliphatic hydroxyl groups is 1. The lowest BCUT2D eigenvalue weighted by Gasteiger charge is -2.33. The molecule has 0 saturated carbocycles. The minimum Gasteiger partial charge on any atom is -0.395 e. The van der Waals surface area contributed by atoms with E-state index in [4.69, 9.17) is 4.74 Å². The number of morpholine rings is 1. The summed E-state index contributed by atoms with van der Waals surface area (Å²) in [6.45, 7) is 3.34. The molecule has 1 N–H and O–H groups in total. The lowest BCUT2D eigenvalue weighted by molar-refractivity contribution is -0.0308. The summed E-state index contributed by atoms with van der Waals surface area (Å²) in [4.78, 5) is 4.95. The van der Waals surface area contributed by atoms with Gasteiger partial charge in [0.25, 0.3) is 0 Å². The molecule has 0 bridgehead atoms. The number of aliphatic hydroxyl groups excluding tert-OH is 1. The van der Waals surface area contributed by atoms with Gasteiger partial charge in [-0.05, 0) is 17.7 Å². The summed E-state index contributed by atoms with van der Waals surface area (Å²) in [6, 6.07) is 15.0. The lowest BCUT2D eigenvalue weighted by atomic mass is 10.2. The maximum atomic E-state index is 9.40. The fourth-order valence-electron chi connectivity index (χ4n) is 2.49. The summed E-state index contributed by atoms with van der Waals surface area (Å²) >= 11 is 1.83. The molecule has 20 heavy (non-hydrogen) atoms. The van der Waals surface area contributed by atoms with Gasteiger partial charge in [0.2, 0.25) is 0 Å². The average molecular weight is 289 g/mol. The van der Waals surface area contributed by atoms with Gasteiger partial charge in [0.05, 0.1) is 25.9 Å². The molecule has 0 radical (unpaired) electrons. The van der Waals surface area contributed by atoms with Crippen LogP contribution >= 0.6 is 11.3 Å². The van der Waals surface area contributed by atoms with Gasteiger partial charge in [-0.15, -0.1) is 11.3 Å². The predicted molar refractivity (Wildman–Crippen MR) is 81.9 cm³/mol. The molecule has 2 aromatic rings. The largest absolute Gasteiger partial charge is 0.395 e. The van der Waals surface area contributed by atoms with Crippen LogP contribution in [0.25, 0.3) is 10.4 Å². The number of rotatable bonds is 4. The molecule has 0 unspecified atom stereocenters. The minimum atomic E-state index is 0.131. The summed E-state index contributed by atoms with van der Waals surface area (Å²) < 4.78 is 5.42. The topological polar surface area (TPSA) is 32.7 Å². The highest BCUT2D eigenvalue weighted by Gasteiger charge is 2.22. The summed E-state index contributed by atoms with van der Waals surface area (Å²) in [5.74, 6) is 0. The van der Waals surface area contributed by atoms with Crippen molar-refractivity contribution in [2.24, 2.45) is 0 Å². The Labute approximate surface area is 123 Å². The van der Waals surface area contributed by atoms with E-state index in [-0.39, 0.29) is 12.6 Å². The van der Waals surface area contributed by atoms with Crippen molar-refractivity contribution in [3.8, 4) is 10.4 Å². The third kappa shape index (κ3) is 3.10. The molecule has 1 fully saturated rings. The van der Waals surface area contributed by atoms with Gasteiger partial charge in [0.1, 0.15) is 0 Å². The zero-order valence-corrected chi connectivity index (χ0v) is 12.2. The first-order valence-corrected chi connectivity index (χ1v) is 7.75. The number of hydrogen-bond acceptors (Lipinski definition) is 4. The molecule has 1 atom stereocenters. The summed E-state index contributed by atoms with van der Waals surface area (Å²) in [5, 5.41) is 9.40. The number of nitrogens with zero attached hydrogens (tertiary/aromatic N) is 1. The van der Waals surface area contributed by atoms with Gasteiger partial charge in [-0.3, -0.25) is 4.90 Å². The fourth-order valence-corrected chi connectivity index (χ4v) is 3.53. The molecule has 1 saturated heterocycles. The standard InChI is InChI=1S/C16H19NO2S/c18-11-14-12-19-9-8-17(14)10-15-6-7-16(20-15)13-4-2-1-3-5-13/h1-7,14,18H,8-12H2/t14-/m1/s1. The molecule has 2 heterocycles. The van der Waals surface area contributed by atoms with Crippen molar-refractivity contribution in [2.45, 2.75) is 12.6 Å². The van der Waals surface area contributed by atoms with Crippen molar-refractivity contribution in [1.29, 1.82) is 0 Å². The minimum absolute atomic E-state index is 0.131. The van der Waals surface area contributed by atoms with E-state index in [2.05, 4.69) is 41.3 Å². The van der Waals surface area contributed by atoms with Crippen LogP contribution in [0.15, 0.2) is 42.5 Å². The molecule has 106 valence electrons. The normalized spacial score (nSPS) is 20.1. The van der Waals surface area contributed by atoms with Gasteiger partial charge >= 0.3 is 0 Å². The number of hydrogen-bond donors (Lipinski definition) is 1. The molecular weight excluding hydrogens is 270 g/mol. The Hall–Kier alpha value is -1.20. The number of thiophene rings is 1. The molecule has 3 nitrogen and oxygen atoms in total. The van der Waals surface area contributed by atoms with Crippen molar-refractivity contribution in [1.82, 2.24) is 4.90 Å². The fraction of sp³-hybridized carbons (Fsp3) is 0.375.